The van der Waals surface area contributed by atoms with Crippen molar-refractivity contribution in [2.45, 2.75) is 25.1 Å². The van der Waals surface area contributed by atoms with Crippen LogP contribution in [0.5, 0.6) is 0 Å². The number of carbonyl (C=O) groups is 1. The second kappa shape index (κ2) is 4.61. The molecule has 2 rings (SSSR count). The van der Waals surface area contributed by atoms with Crippen LogP contribution in [-0.2, 0) is 11.2 Å². The normalized spacial score (nSPS) is 25.0. The first-order valence-corrected chi connectivity index (χ1v) is 5.14. The molecular formula is C10H13FN2O3. The SMILES string of the molecule is O=C(Cc1ccon1)N1C[C@@H](F)C[C@H]1CO. The third-order valence-corrected chi connectivity index (χ3v) is 2.72. The van der Waals surface area contributed by atoms with Crippen molar-refractivity contribution >= 4 is 5.91 Å². The lowest BCUT2D eigenvalue weighted by Crippen LogP contribution is -2.38. The second-order valence-corrected chi connectivity index (χ2v) is 3.88. The van der Waals surface area contributed by atoms with Gasteiger partial charge in [-0.25, -0.2) is 4.39 Å². The first kappa shape index (κ1) is 11.1. The van der Waals surface area contributed by atoms with Crippen molar-refractivity contribution in [3.8, 4) is 0 Å². The van der Waals surface area contributed by atoms with Gasteiger partial charge >= 0.3 is 0 Å². The van der Waals surface area contributed by atoms with Crippen LogP contribution < -0.4 is 0 Å². The molecule has 0 aliphatic carbocycles. The molecule has 1 N–H and O–H groups in total. The van der Waals surface area contributed by atoms with Gasteiger partial charge in [0.2, 0.25) is 5.91 Å². The van der Waals surface area contributed by atoms with Crippen molar-refractivity contribution in [2.24, 2.45) is 0 Å². The van der Waals surface area contributed by atoms with Gasteiger partial charge in [-0.3, -0.25) is 4.79 Å². The summed E-state index contributed by atoms with van der Waals surface area (Å²) in [6.45, 7) is -0.146. The van der Waals surface area contributed by atoms with Crippen molar-refractivity contribution in [2.75, 3.05) is 13.2 Å². The number of halogens is 1. The summed E-state index contributed by atoms with van der Waals surface area (Å²) in [6, 6.07) is 1.18. The molecule has 0 saturated carbocycles. The Morgan fingerprint density at radius 3 is 3.19 bits per heavy atom. The molecule has 6 heteroatoms. The van der Waals surface area contributed by atoms with E-state index < -0.39 is 12.2 Å². The molecule has 1 aliphatic rings. The van der Waals surface area contributed by atoms with Gasteiger partial charge in [0, 0.05) is 12.5 Å². The van der Waals surface area contributed by atoms with E-state index in [1.54, 1.807) is 6.07 Å². The number of carbonyl (C=O) groups excluding carboxylic acids is 1. The number of nitrogens with zero attached hydrogens (tertiary/aromatic N) is 2. The Kier molecular flexibility index (Phi) is 3.19. The van der Waals surface area contributed by atoms with Gasteiger partial charge in [-0.1, -0.05) is 5.16 Å². The van der Waals surface area contributed by atoms with Crippen LogP contribution in [-0.4, -0.2) is 46.4 Å². The van der Waals surface area contributed by atoms with Crippen LogP contribution in [0.15, 0.2) is 16.9 Å². The summed E-state index contributed by atoms with van der Waals surface area (Å²) >= 11 is 0. The van der Waals surface area contributed by atoms with Gasteiger partial charge in [0.05, 0.1) is 31.3 Å². The Morgan fingerprint density at radius 2 is 2.56 bits per heavy atom. The molecule has 88 valence electrons. The Bertz CT molecular complexity index is 355. The van der Waals surface area contributed by atoms with Crippen LogP contribution in [0.25, 0.3) is 0 Å². The fourth-order valence-electron chi connectivity index (χ4n) is 1.92. The average Bonchev–Trinajstić information content (AvgIpc) is 2.86. The number of likely N-dealkylation sites (tertiary alicyclic amines) is 1. The number of alkyl halides is 1. The summed E-state index contributed by atoms with van der Waals surface area (Å²) in [7, 11) is 0. The van der Waals surface area contributed by atoms with Crippen LogP contribution in [0.4, 0.5) is 4.39 Å². The van der Waals surface area contributed by atoms with Crippen molar-refractivity contribution in [3.05, 3.63) is 18.0 Å². The number of rotatable bonds is 3. The molecule has 2 heterocycles. The number of hydrogen-bond donors (Lipinski definition) is 1. The smallest absolute Gasteiger partial charge is 0.229 e. The van der Waals surface area contributed by atoms with E-state index in [2.05, 4.69) is 9.68 Å². The summed E-state index contributed by atoms with van der Waals surface area (Å²) < 4.78 is 17.7. The highest BCUT2D eigenvalue weighted by Crippen LogP contribution is 2.20. The van der Waals surface area contributed by atoms with E-state index in [1.807, 2.05) is 0 Å². The van der Waals surface area contributed by atoms with Gasteiger partial charge in [0.1, 0.15) is 12.4 Å². The van der Waals surface area contributed by atoms with E-state index in [1.165, 1.54) is 11.2 Å². The van der Waals surface area contributed by atoms with Crippen LogP contribution >= 0.6 is 0 Å². The summed E-state index contributed by atoms with van der Waals surface area (Å²) in [4.78, 5) is 13.2. The molecule has 0 spiro atoms. The highest BCUT2D eigenvalue weighted by Gasteiger charge is 2.34. The van der Waals surface area contributed by atoms with Crippen LogP contribution in [0.1, 0.15) is 12.1 Å². The van der Waals surface area contributed by atoms with Gasteiger partial charge in [-0.2, -0.15) is 0 Å². The zero-order valence-corrected chi connectivity index (χ0v) is 8.67. The van der Waals surface area contributed by atoms with Crippen molar-refractivity contribution in [1.29, 1.82) is 0 Å². The minimum atomic E-state index is -1.04. The minimum Gasteiger partial charge on any atom is -0.394 e. The molecular weight excluding hydrogens is 215 g/mol. The summed E-state index contributed by atoms with van der Waals surface area (Å²) in [5.41, 5.74) is 0.518. The highest BCUT2D eigenvalue weighted by molar-refractivity contribution is 5.79. The summed E-state index contributed by atoms with van der Waals surface area (Å²) in [6.07, 6.45) is 0.632. The van der Waals surface area contributed by atoms with Gasteiger partial charge in [0.25, 0.3) is 0 Å². The fraction of sp³-hybridized carbons (Fsp3) is 0.600. The molecule has 1 saturated heterocycles. The molecule has 0 radical (unpaired) electrons. The average molecular weight is 228 g/mol. The fourth-order valence-corrected chi connectivity index (χ4v) is 1.92. The predicted octanol–water partition coefficient (Wildman–Crippen LogP) is 0.148. The van der Waals surface area contributed by atoms with Crippen LogP contribution in [0.2, 0.25) is 0 Å². The lowest BCUT2D eigenvalue weighted by atomic mass is 10.2. The molecule has 1 fully saturated rings. The first-order valence-electron chi connectivity index (χ1n) is 5.14. The Balaban J connectivity index is 1.98. The predicted molar refractivity (Wildman–Crippen MR) is 52.3 cm³/mol. The van der Waals surface area contributed by atoms with Crippen LogP contribution in [0, 0.1) is 0 Å². The summed E-state index contributed by atoms with van der Waals surface area (Å²) in [5.74, 6) is -0.229. The third kappa shape index (κ3) is 2.21. The maximum atomic E-state index is 13.1. The molecule has 5 nitrogen and oxygen atoms in total. The third-order valence-electron chi connectivity index (χ3n) is 2.72. The van der Waals surface area contributed by atoms with E-state index in [4.69, 9.17) is 5.11 Å². The largest absolute Gasteiger partial charge is 0.394 e. The molecule has 0 unspecified atom stereocenters. The van der Waals surface area contributed by atoms with Crippen molar-refractivity contribution in [3.63, 3.8) is 0 Å². The molecule has 0 bridgehead atoms. The van der Waals surface area contributed by atoms with E-state index in [0.29, 0.717) is 5.69 Å². The number of aromatic nitrogens is 1. The Labute approximate surface area is 91.8 Å². The molecule has 0 aromatic carbocycles. The number of aliphatic hydroxyl groups excluding tert-OH is 1. The zero-order chi connectivity index (χ0) is 11.5. The van der Waals surface area contributed by atoms with E-state index in [9.17, 15) is 9.18 Å². The maximum Gasteiger partial charge on any atom is 0.229 e. The highest BCUT2D eigenvalue weighted by atomic mass is 19.1. The quantitative estimate of drug-likeness (QED) is 0.799. The molecule has 2 atom stereocenters. The number of aliphatic hydroxyl groups is 1. The monoisotopic (exact) mass is 228 g/mol. The van der Waals surface area contributed by atoms with Gasteiger partial charge in [0.15, 0.2) is 0 Å². The first-order chi connectivity index (χ1) is 7.70. The topological polar surface area (TPSA) is 66.6 Å². The minimum absolute atomic E-state index is 0.0575. The van der Waals surface area contributed by atoms with Crippen LogP contribution in [0.3, 0.4) is 0 Å². The lowest BCUT2D eigenvalue weighted by molar-refractivity contribution is -0.132. The second-order valence-electron chi connectivity index (χ2n) is 3.88. The van der Waals surface area contributed by atoms with Gasteiger partial charge in [-0.05, 0) is 0 Å². The number of amides is 1. The van der Waals surface area contributed by atoms with E-state index in [-0.39, 0.29) is 31.9 Å². The van der Waals surface area contributed by atoms with E-state index >= 15 is 0 Å². The Morgan fingerprint density at radius 1 is 1.75 bits per heavy atom. The zero-order valence-electron chi connectivity index (χ0n) is 8.67. The van der Waals surface area contributed by atoms with E-state index in [0.717, 1.165) is 0 Å². The van der Waals surface area contributed by atoms with Gasteiger partial charge < -0.3 is 14.5 Å². The molecule has 1 aromatic heterocycles. The lowest BCUT2D eigenvalue weighted by Gasteiger charge is -2.21. The Hall–Kier alpha value is -1.43. The maximum absolute atomic E-state index is 13.1. The molecule has 1 aromatic rings. The van der Waals surface area contributed by atoms with Crippen molar-refractivity contribution < 1.29 is 18.8 Å². The van der Waals surface area contributed by atoms with Gasteiger partial charge in [-0.15, -0.1) is 0 Å². The number of hydrogen-bond acceptors (Lipinski definition) is 4. The molecule has 1 amide bonds. The van der Waals surface area contributed by atoms with Crippen molar-refractivity contribution in [1.82, 2.24) is 10.1 Å². The molecule has 16 heavy (non-hydrogen) atoms. The summed E-state index contributed by atoms with van der Waals surface area (Å²) in [5, 5.41) is 12.7. The molecule has 1 aliphatic heterocycles. The standard InChI is InChI=1S/C10H13FN2O3/c11-7-3-9(6-14)13(5-7)10(15)4-8-1-2-16-12-8/h1-2,7,9,14H,3-6H2/t7-,9-/m0/s1.